The Morgan fingerprint density at radius 2 is 1.92 bits per heavy atom. The molecule has 0 aliphatic heterocycles. The number of quaternary nitrogens is 1. The fourth-order valence-corrected chi connectivity index (χ4v) is 0.925. The molecular weight excluding hydrogens is 190 g/mol. The minimum absolute atomic E-state index is 0. The highest BCUT2D eigenvalue weighted by atomic mass is 35.5. The molecule has 0 saturated heterocycles. The quantitative estimate of drug-likeness (QED) is 0.527. The van der Waals surface area contributed by atoms with Crippen LogP contribution >= 0.6 is 0 Å². The van der Waals surface area contributed by atoms with E-state index in [0.717, 1.165) is 12.1 Å². The van der Waals surface area contributed by atoms with E-state index in [9.17, 15) is 4.79 Å². The molecule has 0 spiro atoms. The van der Waals surface area contributed by atoms with Crippen LogP contribution in [0.2, 0.25) is 0 Å². The fraction of sp³-hybridized carbons (Fsp3) is 0.222. The van der Waals surface area contributed by atoms with Crippen molar-refractivity contribution in [3.63, 3.8) is 0 Å². The van der Waals surface area contributed by atoms with Crippen LogP contribution in [0.3, 0.4) is 0 Å². The van der Waals surface area contributed by atoms with E-state index in [1.807, 2.05) is 12.1 Å². The van der Waals surface area contributed by atoms with E-state index in [-0.39, 0.29) is 18.4 Å². The lowest BCUT2D eigenvalue weighted by molar-refractivity contribution is -0.386. The molecule has 13 heavy (non-hydrogen) atoms. The molecule has 0 unspecified atom stereocenters. The summed E-state index contributed by atoms with van der Waals surface area (Å²) in [6, 6.07) is 7.23. The van der Waals surface area contributed by atoms with Crippen LogP contribution in [0, 0.1) is 0 Å². The SMILES string of the molecule is COC(=O)c1ccc(C[NH3+])cc1.[Cl-]. The molecule has 0 amide bonds. The van der Waals surface area contributed by atoms with Crippen LogP contribution in [-0.4, -0.2) is 13.1 Å². The van der Waals surface area contributed by atoms with Gasteiger partial charge in [0, 0.05) is 5.56 Å². The van der Waals surface area contributed by atoms with Gasteiger partial charge in [0.25, 0.3) is 0 Å². The molecule has 3 N–H and O–H groups in total. The number of ether oxygens (including phenoxy) is 1. The highest BCUT2D eigenvalue weighted by Gasteiger charge is 2.03. The van der Waals surface area contributed by atoms with Gasteiger partial charge in [-0.15, -0.1) is 0 Å². The standard InChI is InChI=1S/C9H11NO2.ClH/c1-12-9(11)8-4-2-7(6-10)3-5-8;/h2-5H,6,10H2,1H3;1H. The normalized spacial score (nSPS) is 8.77. The first kappa shape index (κ1) is 11.9. The molecular formula is C9H12ClNO2. The number of carbonyl (C=O) groups excluding carboxylic acids is 1. The van der Waals surface area contributed by atoms with Gasteiger partial charge >= 0.3 is 5.97 Å². The van der Waals surface area contributed by atoms with E-state index in [2.05, 4.69) is 10.5 Å². The second-order valence-corrected chi connectivity index (χ2v) is 2.44. The van der Waals surface area contributed by atoms with Gasteiger partial charge in [0.15, 0.2) is 0 Å². The fourth-order valence-electron chi connectivity index (χ4n) is 0.925. The number of rotatable bonds is 2. The predicted octanol–water partition coefficient (Wildman–Crippen LogP) is -2.78. The van der Waals surface area contributed by atoms with Crippen molar-refractivity contribution in [1.82, 2.24) is 0 Å². The van der Waals surface area contributed by atoms with Crippen molar-refractivity contribution in [2.45, 2.75) is 6.54 Å². The summed E-state index contributed by atoms with van der Waals surface area (Å²) in [7, 11) is 1.37. The molecule has 72 valence electrons. The van der Waals surface area contributed by atoms with Crippen molar-refractivity contribution in [2.75, 3.05) is 7.11 Å². The van der Waals surface area contributed by atoms with Gasteiger partial charge in [-0.3, -0.25) is 0 Å². The molecule has 3 nitrogen and oxygen atoms in total. The largest absolute Gasteiger partial charge is 1.00 e. The molecule has 4 heteroatoms. The minimum Gasteiger partial charge on any atom is -1.00 e. The molecule has 1 aromatic carbocycles. The predicted molar refractivity (Wildman–Crippen MR) is 44.4 cm³/mol. The molecule has 0 heterocycles. The van der Waals surface area contributed by atoms with Crippen molar-refractivity contribution >= 4 is 5.97 Å². The lowest BCUT2D eigenvalue weighted by atomic mass is 10.1. The van der Waals surface area contributed by atoms with Gasteiger partial charge in [0.2, 0.25) is 0 Å². The van der Waals surface area contributed by atoms with E-state index in [0.29, 0.717) is 5.56 Å². The summed E-state index contributed by atoms with van der Waals surface area (Å²) >= 11 is 0. The van der Waals surface area contributed by atoms with Crippen molar-refractivity contribution in [1.29, 1.82) is 0 Å². The molecule has 0 radical (unpaired) electrons. The average molecular weight is 202 g/mol. The molecule has 0 saturated carbocycles. The number of esters is 1. The first-order chi connectivity index (χ1) is 5.77. The summed E-state index contributed by atoms with van der Waals surface area (Å²) in [5, 5.41) is 0. The Hall–Kier alpha value is -1.06. The minimum atomic E-state index is -0.300. The summed E-state index contributed by atoms with van der Waals surface area (Å²) in [6.45, 7) is 0.738. The zero-order valence-corrected chi connectivity index (χ0v) is 8.17. The number of benzene rings is 1. The van der Waals surface area contributed by atoms with Gasteiger partial charge in [0.05, 0.1) is 19.2 Å². The lowest BCUT2D eigenvalue weighted by Crippen LogP contribution is -3.00. The second kappa shape index (κ2) is 5.56. The van der Waals surface area contributed by atoms with Gasteiger partial charge in [-0.25, -0.2) is 4.79 Å². The maximum atomic E-state index is 11.0. The zero-order valence-electron chi connectivity index (χ0n) is 7.42. The summed E-state index contributed by atoms with van der Waals surface area (Å²) in [5.74, 6) is -0.300. The van der Waals surface area contributed by atoms with Crippen LogP contribution in [0.5, 0.6) is 0 Å². The first-order valence-electron chi connectivity index (χ1n) is 3.74. The molecule has 1 aromatic rings. The van der Waals surface area contributed by atoms with Crippen molar-refractivity contribution < 1.29 is 27.7 Å². The van der Waals surface area contributed by atoms with E-state index in [1.165, 1.54) is 7.11 Å². The van der Waals surface area contributed by atoms with Crippen LogP contribution in [-0.2, 0) is 11.3 Å². The maximum absolute atomic E-state index is 11.0. The molecule has 0 atom stereocenters. The molecule has 1 rings (SSSR count). The Kier molecular flexibility index (Phi) is 5.11. The van der Waals surface area contributed by atoms with Crippen LogP contribution in [0.15, 0.2) is 24.3 Å². The van der Waals surface area contributed by atoms with E-state index >= 15 is 0 Å². The van der Waals surface area contributed by atoms with Crippen molar-refractivity contribution in [3.05, 3.63) is 35.4 Å². The van der Waals surface area contributed by atoms with Gasteiger partial charge in [-0.2, -0.15) is 0 Å². The third-order valence-electron chi connectivity index (χ3n) is 1.66. The smallest absolute Gasteiger partial charge is 0.337 e. The van der Waals surface area contributed by atoms with Crippen molar-refractivity contribution in [3.8, 4) is 0 Å². The van der Waals surface area contributed by atoms with Crippen LogP contribution in [0.25, 0.3) is 0 Å². The monoisotopic (exact) mass is 201 g/mol. The van der Waals surface area contributed by atoms with Gasteiger partial charge < -0.3 is 22.9 Å². The highest BCUT2D eigenvalue weighted by molar-refractivity contribution is 5.89. The van der Waals surface area contributed by atoms with Gasteiger partial charge in [0.1, 0.15) is 0 Å². The third kappa shape index (κ3) is 3.05. The zero-order chi connectivity index (χ0) is 8.97. The van der Waals surface area contributed by atoms with Gasteiger partial charge in [-0.1, -0.05) is 12.1 Å². The Labute approximate surface area is 83.3 Å². The Bertz CT molecular complexity index is 271. The maximum Gasteiger partial charge on any atom is 0.337 e. The van der Waals surface area contributed by atoms with Crippen molar-refractivity contribution in [2.24, 2.45) is 0 Å². The molecule has 0 aliphatic carbocycles. The number of halogens is 1. The summed E-state index contributed by atoms with van der Waals surface area (Å²) < 4.78 is 4.56. The van der Waals surface area contributed by atoms with E-state index in [4.69, 9.17) is 0 Å². The summed E-state index contributed by atoms with van der Waals surface area (Å²) in [5.41, 5.74) is 5.43. The topological polar surface area (TPSA) is 53.9 Å². The number of methoxy groups -OCH3 is 1. The van der Waals surface area contributed by atoms with Crippen LogP contribution < -0.4 is 18.1 Å². The Balaban J connectivity index is 0.00000144. The average Bonchev–Trinajstić information content (AvgIpc) is 2.17. The van der Waals surface area contributed by atoms with Crippen LogP contribution in [0.4, 0.5) is 0 Å². The number of hydrogen-bond acceptors (Lipinski definition) is 2. The summed E-state index contributed by atoms with van der Waals surface area (Å²) in [4.78, 5) is 11.0. The molecule has 0 fully saturated rings. The van der Waals surface area contributed by atoms with E-state index < -0.39 is 0 Å². The number of hydrogen-bond donors (Lipinski definition) is 1. The third-order valence-corrected chi connectivity index (χ3v) is 1.66. The molecule has 0 aromatic heterocycles. The Morgan fingerprint density at radius 3 is 2.31 bits per heavy atom. The molecule has 0 bridgehead atoms. The lowest BCUT2D eigenvalue weighted by Gasteiger charge is -1.98. The number of carbonyl (C=O) groups is 1. The first-order valence-corrected chi connectivity index (χ1v) is 3.74. The molecule has 0 aliphatic rings. The van der Waals surface area contributed by atoms with Gasteiger partial charge in [-0.05, 0) is 12.1 Å². The second-order valence-electron chi connectivity index (χ2n) is 2.44. The highest BCUT2D eigenvalue weighted by Crippen LogP contribution is 2.04. The summed E-state index contributed by atoms with van der Waals surface area (Å²) in [6.07, 6.45) is 0. The Morgan fingerprint density at radius 1 is 1.38 bits per heavy atom. The van der Waals surface area contributed by atoms with Crippen LogP contribution in [0.1, 0.15) is 15.9 Å². The van der Waals surface area contributed by atoms with E-state index in [1.54, 1.807) is 12.1 Å².